The summed E-state index contributed by atoms with van der Waals surface area (Å²) in [6.45, 7) is 0. The Balaban J connectivity index is 1.37. The molecule has 2 unspecified atom stereocenters. The number of carbonyl (C=O) groups is 1. The molecule has 0 saturated carbocycles. The Morgan fingerprint density at radius 2 is 1.61 bits per heavy atom. The summed E-state index contributed by atoms with van der Waals surface area (Å²) in [5, 5.41) is 11.5. The van der Waals surface area contributed by atoms with Gasteiger partial charge < -0.3 is 14.6 Å². The molecule has 1 aromatic heterocycles. The van der Waals surface area contributed by atoms with Crippen LogP contribution in [0.4, 0.5) is 16.2 Å². The standard InChI is InChI=1S/C24H24N4O2S/c1-26-13-12-25-22(26)24(30)14-16-10-11-17(15-24)27(16)23(29)28-18-6-2-4-8-20(18)31-21-9-5-3-7-19(21)28/h2-9,12-13,16-17,30H,10-11,14-15H2,1H3. The predicted molar refractivity (Wildman–Crippen MR) is 120 cm³/mol. The number of urea groups is 1. The van der Waals surface area contributed by atoms with Crippen molar-refractivity contribution in [1.29, 1.82) is 0 Å². The van der Waals surface area contributed by atoms with Crippen molar-refractivity contribution >= 4 is 29.2 Å². The summed E-state index contributed by atoms with van der Waals surface area (Å²) in [7, 11) is 1.92. The number of rotatable bonds is 1. The van der Waals surface area contributed by atoms with Gasteiger partial charge in [0.05, 0.1) is 11.4 Å². The summed E-state index contributed by atoms with van der Waals surface area (Å²) in [5.41, 5.74) is 0.870. The van der Waals surface area contributed by atoms with Crippen molar-refractivity contribution in [2.24, 2.45) is 7.05 Å². The monoisotopic (exact) mass is 432 g/mol. The highest BCUT2D eigenvalue weighted by molar-refractivity contribution is 7.99. The summed E-state index contributed by atoms with van der Waals surface area (Å²) in [6, 6.07) is 16.2. The van der Waals surface area contributed by atoms with Crippen LogP contribution < -0.4 is 4.90 Å². The lowest BCUT2D eigenvalue weighted by Gasteiger charge is -2.45. The molecular weight excluding hydrogens is 408 g/mol. The van der Waals surface area contributed by atoms with Crippen LogP contribution in [0.15, 0.2) is 70.7 Å². The molecule has 2 aromatic carbocycles. The van der Waals surface area contributed by atoms with Gasteiger partial charge in [0, 0.05) is 54.2 Å². The molecule has 0 spiro atoms. The van der Waals surface area contributed by atoms with E-state index in [0.29, 0.717) is 18.7 Å². The average Bonchev–Trinajstić information content (AvgIpc) is 3.33. The van der Waals surface area contributed by atoms with Crippen LogP contribution in [0, 0.1) is 0 Å². The highest BCUT2D eigenvalue weighted by atomic mass is 32.2. The van der Waals surface area contributed by atoms with E-state index in [4.69, 9.17) is 0 Å². The van der Waals surface area contributed by atoms with Crippen LogP contribution in [0.3, 0.4) is 0 Å². The van der Waals surface area contributed by atoms with Crippen LogP contribution in [0.2, 0.25) is 0 Å². The normalized spacial score (nSPS) is 26.5. The number of aliphatic hydroxyl groups is 1. The maximum Gasteiger partial charge on any atom is 0.329 e. The maximum absolute atomic E-state index is 14.0. The minimum atomic E-state index is -0.992. The highest BCUT2D eigenvalue weighted by Crippen LogP contribution is 2.51. The number of anilines is 2. The van der Waals surface area contributed by atoms with E-state index in [-0.39, 0.29) is 18.1 Å². The van der Waals surface area contributed by atoms with E-state index in [1.54, 1.807) is 18.0 Å². The Hall–Kier alpha value is -2.77. The summed E-state index contributed by atoms with van der Waals surface area (Å²) in [4.78, 5) is 24.5. The Morgan fingerprint density at radius 1 is 1.03 bits per heavy atom. The Labute approximate surface area is 185 Å². The van der Waals surface area contributed by atoms with E-state index in [1.165, 1.54) is 0 Å². The van der Waals surface area contributed by atoms with Gasteiger partial charge in [-0.3, -0.25) is 4.90 Å². The number of imidazole rings is 1. The number of aryl methyl sites for hydroxylation is 1. The molecule has 3 aromatic rings. The SMILES string of the molecule is Cn1ccnc1C1(O)CC2CCC(C1)N2C(=O)N1c2ccccc2Sc2ccccc21. The van der Waals surface area contributed by atoms with Gasteiger partial charge in [0.15, 0.2) is 0 Å². The number of benzene rings is 2. The second kappa shape index (κ2) is 6.87. The minimum Gasteiger partial charge on any atom is -0.382 e. The molecule has 6 nitrogen and oxygen atoms in total. The molecule has 2 amide bonds. The van der Waals surface area contributed by atoms with Crippen LogP contribution in [0.5, 0.6) is 0 Å². The first-order valence-electron chi connectivity index (χ1n) is 10.7. The van der Waals surface area contributed by atoms with Gasteiger partial charge in [0.1, 0.15) is 11.4 Å². The van der Waals surface area contributed by atoms with Gasteiger partial charge in [-0.25, -0.2) is 9.78 Å². The van der Waals surface area contributed by atoms with Crippen molar-refractivity contribution in [2.45, 2.75) is 53.2 Å². The summed E-state index contributed by atoms with van der Waals surface area (Å²) >= 11 is 1.70. The lowest BCUT2D eigenvalue weighted by molar-refractivity contribution is -0.0510. The number of amides is 2. The molecule has 3 aliphatic rings. The van der Waals surface area contributed by atoms with Crippen LogP contribution in [0.1, 0.15) is 31.5 Å². The summed E-state index contributed by atoms with van der Waals surface area (Å²) in [6.07, 6.45) is 6.46. The van der Waals surface area contributed by atoms with Crippen molar-refractivity contribution in [2.75, 3.05) is 4.90 Å². The molecular formula is C24H24N4O2S. The van der Waals surface area contributed by atoms with Gasteiger partial charge in [-0.1, -0.05) is 36.0 Å². The zero-order valence-electron chi connectivity index (χ0n) is 17.3. The fourth-order valence-electron chi connectivity index (χ4n) is 5.56. The zero-order chi connectivity index (χ0) is 21.2. The fourth-order valence-corrected chi connectivity index (χ4v) is 6.62. The quantitative estimate of drug-likeness (QED) is 0.608. The van der Waals surface area contributed by atoms with Crippen LogP contribution in [0.25, 0.3) is 0 Å². The van der Waals surface area contributed by atoms with Gasteiger partial charge in [0.2, 0.25) is 0 Å². The molecule has 7 heteroatoms. The number of hydrogen-bond donors (Lipinski definition) is 1. The molecule has 3 aliphatic heterocycles. The molecule has 31 heavy (non-hydrogen) atoms. The third kappa shape index (κ3) is 2.83. The highest BCUT2D eigenvalue weighted by Gasteiger charge is 2.52. The third-order valence-corrected chi connectivity index (χ3v) is 7.98. The lowest BCUT2D eigenvalue weighted by Crippen LogP contribution is -2.55. The minimum absolute atomic E-state index is 0.00172. The number of carbonyl (C=O) groups excluding carboxylic acids is 1. The Morgan fingerprint density at radius 3 is 2.16 bits per heavy atom. The second-order valence-corrected chi connectivity index (χ2v) is 9.83. The molecule has 2 fully saturated rings. The van der Waals surface area contributed by atoms with Crippen molar-refractivity contribution in [3.05, 3.63) is 66.7 Å². The number of hydrogen-bond acceptors (Lipinski definition) is 4. The molecule has 2 atom stereocenters. The van der Waals surface area contributed by atoms with Crippen LogP contribution in [-0.2, 0) is 12.6 Å². The number of piperidine rings is 1. The number of fused-ring (bicyclic) bond motifs is 4. The molecule has 1 N–H and O–H groups in total. The topological polar surface area (TPSA) is 61.6 Å². The average molecular weight is 433 g/mol. The molecule has 6 rings (SSSR count). The van der Waals surface area contributed by atoms with Crippen molar-refractivity contribution in [3.63, 3.8) is 0 Å². The molecule has 2 bridgehead atoms. The lowest BCUT2D eigenvalue weighted by atomic mass is 9.85. The van der Waals surface area contributed by atoms with Crippen LogP contribution in [-0.4, -0.2) is 37.7 Å². The number of para-hydroxylation sites is 2. The molecule has 158 valence electrons. The zero-order valence-corrected chi connectivity index (χ0v) is 18.1. The Bertz CT molecular complexity index is 1120. The van der Waals surface area contributed by atoms with Gasteiger partial charge >= 0.3 is 6.03 Å². The summed E-state index contributed by atoms with van der Waals surface area (Å²) in [5.74, 6) is 0.696. The molecule has 4 heterocycles. The third-order valence-electron chi connectivity index (χ3n) is 6.85. The number of nitrogens with zero attached hydrogens (tertiary/aromatic N) is 4. The Kier molecular flexibility index (Phi) is 4.20. The van der Waals surface area contributed by atoms with Gasteiger partial charge in [0.25, 0.3) is 0 Å². The van der Waals surface area contributed by atoms with Gasteiger partial charge in [-0.05, 0) is 37.1 Å². The van der Waals surface area contributed by atoms with E-state index in [0.717, 1.165) is 34.0 Å². The van der Waals surface area contributed by atoms with Gasteiger partial charge in [-0.2, -0.15) is 0 Å². The number of aromatic nitrogens is 2. The fraction of sp³-hybridized carbons (Fsp3) is 0.333. The first-order valence-corrected chi connectivity index (χ1v) is 11.6. The van der Waals surface area contributed by atoms with Crippen LogP contribution >= 0.6 is 11.8 Å². The second-order valence-electron chi connectivity index (χ2n) is 8.75. The first kappa shape index (κ1) is 19.0. The van der Waals surface area contributed by atoms with E-state index < -0.39 is 5.60 Å². The maximum atomic E-state index is 14.0. The largest absolute Gasteiger partial charge is 0.382 e. The van der Waals surface area contributed by atoms with E-state index >= 15 is 0 Å². The molecule has 0 aliphatic carbocycles. The predicted octanol–water partition coefficient (Wildman–Crippen LogP) is 4.66. The van der Waals surface area contributed by atoms with Crippen molar-refractivity contribution in [3.8, 4) is 0 Å². The summed E-state index contributed by atoms with van der Waals surface area (Å²) < 4.78 is 1.89. The van der Waals surface area contributed by atoms with E-state index in [2.05, 4.69) is 17.1 Å². The molecule has 2 saturated heterocycles. The van der Waals surface area contributed by atoms with Crippen molar-refractivity contribution < 1.29 is 9.90 Å². The molecule has 0 radical (unpaired) electrons. The first-order chi connectivity index (χ1) is 15.0. The van der Waals surface area contributed by atoms with Crippen molar-refractivity contribution in [1.82, 2.24) is 14.5 Å². The van der Waals surface area contributed by atoms with Gasteiger partial charge in [-0.15, -0.1) is 0 Å². The smallest absolute Gasteiger partial charge is 0.329 e. The van der Waals surface area contributed by atoms with E-state index in [9.17, 15) is 9.90 Å². The van der Waals surface area contributed by atoms with E-state index in [1.807, 2.05) is 64.0 Å².